The zero-order chi connectivity index (χ0) is 11.1. The van der Waals surface area contributed by atoms with Crippen LogP contribution in [0.1, 0.15) is 45.4 Å². The van der Waals surface area contributed by atoms with Crippen LogP contribution in [0, 0.1) is 5.92 Å². The average molecular weight is 215 g/mol. The lowest BCUT2D eigenvalue weighted by molar-refractivity contribution is 0.0908. The van der Waals surface area contributed by atoms with E-state index in [9.17, 15) is 0 Å². The molecular formula is C12H25NO2. The third-order valence-corrected chi connectivity index (χ3v) is 3.23. The first kappa shape index (κ1) is 12.9. The first-order valence-electron chi connectivity index (χ1n) is 6.11. The van der Waals surface area contributed by atoms with Gasteiger partial charge in [0, 0.05) is 18.8 Å². The molecule has 3 heteroatoms. The van der Waals surface area contributed by atoms with E-state index in [-0.39, 0.29) is 6.61 Å². The number of aliphatic hydroxyl groups excluding tert-OH is 1. The molecule has 90 valence electrons. The monoisotopic (exact) mass is 215 g/mol. The van der Waals surface area contributed by atoms with Crippen molar-refractivity contribution in [1.29, 1.82) is 0 Å². The van der Waals surface area contributed by atoms with Gasteiger partial charge in [0.25, 0.3) is 0 Å². The number of ether oxygens (including phenoxy) is 1. The predicted octanol–water partition coefficient (Wildman–Crippen LogP) is 1.68. The first-order chi connectivity index (χ1) is 7.14. The van der Waals surface area contributed by atoms with Crippen molar-refractivity contribution < 1.29 is 9.84 Å². The minimum Gasteiger partial charge on any atom is -0.394 e. The van der Waals surface area contributed by atoms with Gasteiger partial charge in [-0.25, -0.2) is 0 Å². The molecule has 0 aromatic heterocycles. The molecule has 3 nitrogen and oxygen atoms in total. The molecule has 0 aliphatic heterocycles. The fourth-order valence-electron chi connectivity index (χ4n) is 2.08. The summed E-state index contributed by atoms with van der Waals surface area (Å²) >= 11 is 0. The van der Waals surface area contributed by atoms with Gasteiger partial charge in [0.1, 0.15) is 0 Å². The van der Waals surface area contributed by atoms with Gasteiger partial charge < -0.3 is 15.6 Å². The zero-order valence-corrected chi connectivity index (χ0v) is 9.87. The third kappa shape index (κ3) is 5.50. The number of hydrogen-bond acceptors (Lipinski definition) is 3. The van der Waals surface area contributed by atoms with Gasteiger partial charge in [0.2, 0.25) is 0 Å². The summed E-state index contributed by atoms with van der Waals surface area (Å²) < 4.78 is 5.62. The summed E-state index contributed by atoms with van der Waals surface area (Å²) in [6.07, 6.45) is 7.20. The number of aliphatic hydroxyl groups is 1. The van der Waals surface area contributed by atoms with Crippen LogP contribution in [0.5, 0.6) is 0 Å². The summed E-state index contributed by atoms with van der Waals surface area (Å²) in [6, 6.07) is 0. The van der Waals surface area contributed by atoms with Crippen LogP contribution in [0.25, 0.3) is 0 Å². The summed E-state index contributed by atoms with van der Waals surface area (Å²) in [5, 5.41) is 8.96. The molecule has 0 aromatic rings. The van der Waals surface area contributed by atoms with Crippen LogP contribution in [-0.4, -0.2) is 30.5 Å². The molecule has 0 saturated heterocycles. The standard InChI is InChI=1S/C12H25NO2/c1-12(13,10-14)7-4-8-15-9-11-5-2-3-6-11/h11,14H,2-10,13H2,1H3. The van der Waals surface area contributed by atoms with Crippen molar-refractivity contribution in [3.63, 3.8) is 0 Å². The molecule has 15 heavy (non-hydrogen) atoms. The van der Waals surface area contributed by atoms with E-state index >= 15 is 0 Å². The highest BCUT2D eigenvalue weighted by atomic mass is 16.5. The molecule has 0 bridgehead atoms. The number of nitrogens with two attached hydrogens (primary N) is 1. The highest BCUT2D eigenvalue weighted by Gasteiger charge is 2.17. The van der Waals surface area contributed by atoms with E-state index < -0.39 is 5.54 Å². The van der Waals surface area contributed by atoms with Crippen molar-refractivity contribution in [2.75, 3.05) is 19.8 Å². The van der Waals surface area contributed by atoms with E-state index in [1.54, 1.807) is 0 Å². The van der Waals surface area contributed by atoms with Crippen molar-refractivity contribution in [3.05, 3.63) is 0 Å². The van der Waals surface area contributed by atoms with E-state index in [1.165, 1.54) is 25.7 Å². The molecular weight excluding hydrogens is 190 g/mol. The minimum atomic E-state index is -0.434. The quantitative estimate of drug-likeness (QED) is 0.635. The zero-order valence-electron chi connectivity index (χ0n) is 9.87. The molecule has 1 aliphatic rings. The number of rotatable bonds is 7. The topological polar surface area (TPSA) is 55.5 Å². The fraction of sp³-hybridized carbons (Fsp3) is 1.00. The van der Waals surface area contributed by atoms with Crippen LogP contribution in [0.3, 0.4) is 0 Å². The molecule has 0 heterocycles. The molecule has 1 saturated carbocycles. The Balaban J connectivity index is 1.92. The Bertz CT molecular complexity index is 165. The van der Waals surface area contributed by atoms with Gasteiger partial charge in [-0.1, -0.05) is 12.8 Å². The first-order valence-corrected chi connectivity index (χ1v) is 6.11. The SMILES string of the molecule is CC(N)(CO)CCCOCC1CCCC1. The van der Waals surface area contributed by atoms with Gasteiger partial charge in [-0.05, 0) is 38.5 Å². The maximum absolute atomic E-state index is 8.96. The molecule has 0 spiro atoms. The Hall–Kier alpha value is -0.120. The van der Waals surface area contributed by atoms with Crippen LogP contribution < -0.4 is 5.73 Å². The van der Waals surface area contributed by atoms with Gasteiger partial charge in [0.05, 0.1) is 6.61 Å². The summed E-state index contributed by atoms with van der Waals surface area (Å²) in [5.41, 5.74) is 5.38. The van der Waals surface area contributed by atoms with Crippen molar-refractivity contribution in [3.8, 4) is 0 Å². The van der Waals surface area contributed by atoms with Crippen LogP contribution >= 0.6 is 0 Å². The van der Waals surface area contributed by atoms with Gasteiger partial charge in [-0.3, -0.25) is 0 Å². The summed E-state index contributed by atoms with van der Waals surface area (Å²) in [4.78, 5) is 0. The van der Waals surface area contributed by atoms with E-state index in [4.69, 9.17) is 15.6 Å². The molecule has 1 rings (SSSR count). The maximum atomic E-state index is 8.96. The van der Waals surface area contributed by atoms with Crippen LogP contribution in [-0.2, 0) is 4.74 Å². The largest absolute Gasteiger partial charge is 0.394 e. The van der Waals surface area contributed by atoms with Crippen molar-refractivity contribution in [1.82, 2.24) is 0 Å². The van der Waals surface area contributed by atoms with Crippen molar-refractivity contribution >= 4 is 0 Å². The Morgan fingerprint density at radius 3 is 2.67 bits per heavy atom. The lowest BCUT2D eigenvalue weighted by atomic mass is 9.99. The Labute approximate surface area is 93.0 Å². The second-order valence-corrected chi connectivity index (χ2v) is 5.14. The normalized spacial score (nSPS) is 21.8. The Morgan fingerprint density at radius 1 is 1.40 bits per heavy atom. The van der Waals surface area contributed by atoms with Crippen LogP contribution in [0.15, 0.2) is 0 Å². The highest BCUT2D eigenvalue weighted by Crippen LogP contribution is 2.24. The third-order valence-electron chi connectivity index (χ3n) is 3.23. The summed E-state index contributed by atoms with van der Waals surface area (Å²) in [6.45, 7) is 3.63. The van der Waals surface area contributed by atoms with Crippen LogP contribution in [0.4, 0.5) is 0 Å². The van der Waals surface area contributed by atoms with E-state index in [2.05, 4.69) is 0 Å². The molecule has 3 N–H and O–H groups in total. The lowest BCUT2D eigenvalue weighted by Gasteiger charge is -2.21. The average Bonchev–Trinajstić information content (AvgIpc) is 2.70. The molecule has 1 atom stereocenters. The second-order valence-electron chi connectivity index (χ2n) is 5.14. The van der Waals surface area contributed by atoms with E-state index in [0.29, 0.717) is 0 Å². The molecule has 1 unspecified atom stereocenters. The minimum absolute atomic E-state index is 0.0512. The maximum Gasteiger partial charge on any atom is 0.0608 e. The lowest BCUT2D eigenvalue weighted by Crippen LogP contribution is -2.40. The van der Waals surface area contributed by atoms with Crippen molar-refractivity contribution in [2.45, 2.75) is 51.0 Å². The van der Waals surface area contributed by atoms with Crippen LogP contribution in [0.2, 0.25) is 0 Å². The number of hydrogen-bond donors (Lipinski definition) is 2. The molecule has 1 fully saturated rings. The molecule has 0 amide bonds. The Kier molecular flexibility index (Phi) is 5.58. The molecule has 0 radical (unpaired) electrons. The van der Waals surface area contributed by atoms with Gasteiger partial charge in [-0.2, -0.15) is 0 Å². The van der Waals surface area contributed by atoms with Gasteiger partial charge >= 0.3 is 0 Å². The second kappa shape index (κ2) is 6.46. The predicted molar refractivity (Wildman–Crippen MR) is 61.7 cm³/mol. The van der Waals surface area contributed by atoms with E-state index in [0.717, 1.165) is 32.0 Å². The highest BCUT2D eigenvalue weighted by molar-refractivity contribution is 4.76. The molecule has 0 aromatic carbocycles. The Morgan fingerprint density at radius 2 is 2.07 bits per heavy atom. The van der Waals surface area contributed by atoms with Crippen molar-refractivity contribution in [2.24, 2.45) is 11.7 Å². The molecule has 1 aliphatic carbocycles. The van der Waals surface area contributed by atoms with Gasteiger partial charge in [-0.15, -0.1) is 0 Å². The fourth-order valence-corrected chi connectivity index (χ4v) is 2.08. The summed E-state index contributed by atoms with van der Waals surface area (Å²) in [7, 11) is 0. The van der Waals surface area contributed by atoms with E-state index in [1.807, 2.05) is 6.92 Å². The summed E-state index contributed by atoms with van der Waals surface area (Å²) in [5.74, 6) is 0.798. The smallest absolute Gasteiger partial charge is 0.0608 e. The van der Waals surface area contributed by atoms with Gasteiger partial charge in [0.15, 0.2) is 0 Å².